The van der Waals surface area contributed by atoms with Crippen LogP contribution in [0.3, 0.4) is 0 Å². The second-order valence-electron chi connectivity index (χ2n) is 3.84. The average Bonchev–Trinajstić information content (AvgIpc) is 2.38. The fourth-order valence-corrected chi connectivity index (χ4v) is 2.09. The highest BCUT2D eigenvalue weighted by Gasteiger charge is 2.06. The predicted octanol–water partition coefficient (Wildman–Crippen LogP) is 4.03. The van der Waals surface area contributed by atoms with Gasteiger partial charge in [0.1, 0.15) is 12.4 Å². The maximum absolute atomic E-state index is 6.07. The van der Waals surface area contributed by atoms with E-state index in [2.05, 4.69) is 0 Å². The van der Waals surface area contributed by atoms with Crippen molar-refractivity contribution in [2.75, 3.05) is 0 Å². The fourth-order valence-electron chi connectivity index (χ4n) is 1.59. The summed E-state index contributed by atoms with van der Waals surface area (Å²) in [7, 11) is 0. The van der Waals surface area contributed by atoms with Gasteiger partial charge in [-0.05, 0) is 29.8 Å². The van der Waals surface area contributed by atoms with E-state index in [-0.39, 0.29) is 0 Å². The molecule has 0 bridgehead atoms. The first kappa shape index (κ1) is 13.2. The van der Waals surface area contributed by atoms with Crippen molar-refractivity contribution in [2.45, 2.75) is 13.2 Å². The molecular formula is C14H13Cl2NO. The molecule has 0 heterocycles. The van der Waals surface area contributed by atoms with Crippen LogP contribution in [0.25, 0.3) is 0 Å². The molecular weight excluding hydrogens is 269 g/mol. The molecule has 2 rings (SSSR count). The second kappa shape index (κ2) is 6.10. The van der Waals surface area contributed by atoms with Crippen LogP contribution in [-0.4, -0.2) is 0 Å². The summed E-state index contributed by atoms with van der Waals surface area (Å²) in [5, 5.41) is 1.22. The van der Waals surface area contributed by atoms with Gasteiger partial charge in [-0.2, -0.15) is 0 Å². The van der Waals surface area contributed by atoms with Gasteiger partial charge in [0, 0.05) is 22.2 Å². The molecule has 0 aliphatic heterocycles. The number of rotatable bonds is 4. The van der Waals surface area contributed by atoms with Crippen molar-refractivity contribution in [3.05, 3.63) is 63.6 Å². The molecule has 0 fully saturated rings. The standard InChI is InChI=1S/C14H13Cl2NO/c15-13-5-2-6-14(16)12(13)9-18-11-4-1-3-10(7-11)8-17/h1-7H,8-9,17H2. The smallest absolute Gasteiger partial charge is 0.120 e. The van der Waals surface area contributed by atoms with Crippen LogP contribution in [0.5, 0.6) is 5.75 Å². The van der Waals surface area contributed by atoms with Crippen LogP contribution in [0, 0.1) is 0 Å². The van der Waals surface area contributed by atoms with E-state index in [1.807, 2.05) is 30.3 Å². The first-order valence-electron chi connectivity index (χ1n) is 5.55. The van der Waals surface area contributed by atoms with Crippen LogP contribution in [-0.2, 0) is 13.2 Å². The van der Waals surface area contributed by atoms with E-state index < -0.39 is 0 Å². The van der Waals surface area contributed by atoms with Crippen LogP contribution in [0.2, 0.25) is 10.0 Å². The van der Waals surface area contributed by atoms with E-state index in [0.717, 1.165) is 16.9 Å². The average molecular weight is 282 g/mol. The minimum absolute atomic E-state index is 0.340. The van der Waals surface area contributed by atoms with Gasteiger partial charge in [0.2, 0.25) is 0 Å². The number of ether oxygens (including phenoxy) is 1. The normalized spacial score (nSPS) is 10.4. The van der Waals surface area contributed by atoms with Crippen LogP contribution >= 0.6 is 23.2 Å². The van der Waals surface area contributed by atoms with E-state index in [1.165, 1.54) is 0 Å². The lowest BCUT2D eigenvalue weighted by atomic mass is 10.2. The van der Waals surface area contributed by atoms with Gasteiger partial charge in [0.05, 0.1) is 0 Å². The van der Waals surface area contributed by atoms with Gasteiger partial charge in [0.25, 0.3) is 0 Å². The molecule has 18 heavy (non-hydrogen) atoms. The number of hydrogen-bond donors (Lipinski definition) is 1. The van der Waals surface area contributed by atoms with Gasteiger partial charge in [-0.1, -0.05) is 41.4 Å². The van der Waals surface area contributed by atoms with Gasteiger partial charge in [-0.25, -0.2) is 0 Å². The molecule has 2 aromatic rings. The molecule has 0 atom stereocenters. The van der Waals surface area contributed by atoms with E-state index in [1.54, 1.807) is 12.1 Å². The van der Waals surface area contributed by atoms with Gasteiger partial charge >= 0.3 is 0 Å². The lowest BCUT2D eigenvalue weighted by molar-refractivity contribution is 0.306. The Morgan fingerprint density at radius 2 is 1.67 bits per heavy atom. The molecule has 0 radical (unpaired) electrons. The fraction of sp³-hybridized carbons (Fsp3) is 0.143. The summed E-state index contributed by atoms with van der Waals surface area (Å²) in [5.74, 6) is 0.758. The van der Waals surface area contributed by atoms with E-state index in [4.69, 9.17) is 33.7 Å². The third-order valence-electron chi connectivity index (χ3n) is 2.58. The number of nitrogens with two attached hydrogens (primary N) is 1. The lowest BCUT2D eigenvalue weighted by Gasteiger charge is -2.10. The molecule has 2 aromatic carbocycles. The topological polar surface area (TPSA) is 35.2 Å². The first-order chi connectivity index (χ1) is 8.70. The van der Waals surface area contributed by atoms with Crippen molar-refractivity contribution in [1.82, 2.24) is 0 Å². The summed E-state index contributed by atoms with van der Waals surface area (Å²) in [5.41, 5.74) is 7.39. The lowest BCUT2D eigenvalue weighted by Crippen LogP contribution is -1.99. The summed E-state index contributed by atoms with van der Waals surface area (Å²) in [6.45, 7) is 0.830. The van der Waals surface area contributed by atoms with Crippen molar-refractivity contribution in [3.8, 4) is 5.75 Å². The monoisotopic (exact) mass is 281 g/mol. The molecule has 0 unspecified atom stereocenters. The Morgan fingerprint density at radius 1 is 1.00 bits per heavy atom. The molecule has 2 N–H and O–H groups in total. The summed E-state index contributed by atoms with van der Waals surface area (Å²) < 4.78 is 5.67. The Hall–Kier alpha value is -1.22. The van der Waals surface area contributed by atoms with Gasteiger partial charge in [-0.15, -0.1) is 0 Å². The molecule has 0 amide bonds. The zero-order chi connectivity index (χ0) is 13.0. The number of benzene rings is 2. The van der Waals surface area contributed by atoms with Crippen molar-refractivity contribution in [3.63, 3.8) is 0 Å². The molecule has 2 nitrogen and oxygen atoms in total. The molecule has 0 aromatic heterocycles. The van der Waals surface area contributed by atoms with E-state index >= 15 is 0 Å². The predicted molar refractivity (Wildman–Crippen MR) is 75.1 cm³/mol. The summed E-state index contributed by atoms with van der Waals surface area (Å²) in [6.07, 6.45) is 0. The second-order valence-corrected chi connectivity index (χ2v) is 4.65. The molecule has 0 aliphatic carbocycles. The van der Waals surface area contributed by atoms with Crippen molar-refractivity contribution in [2.24, 2.45) is 5.73 Å². The zero-order valence-corrected chi connectivity index (χ0v) is 11.2. The molecule has 94 valence electrons. The number of hydrogen-bond acceptors (Lipinski definition) is 2. The quantitative estimate of drug-likeness (QED) is 0.918. The molecule has 0 saturated heterocycles. The first-order valence-corrected chi connectivity index (χ1v) is 6.31. The van der Waals surface area contributed by atoms with Gasteiger partial charge < -0.3 is 10.5 Å². The third-order valence-corrected chi connectivity index (χ3v) is 3.29. The molecule has 0 aliphatic rings. The number of halogens is 2. The van der Waals surface area contributed by atoms with E-state index in [9.17, 15) is 0 Å². The Bertz CT molecular complexity index is 523. The molecule has 0 spiro atoms. The Kier molecular flexibility index (Phi) is 4.48. The Labute approximate surface area is 116 Å². The summed E-state index contributed by atoms with van der Waals surface area (Å²) in [6, 6.07) is 13.0. The largest absolute Gasteiger partial charge is 0.489 e. The van der Waals surface area contributed by atoms with E-state index in [0.29, 0.717) is 23.2 Å². The maximum atomic E-state index is 6.07. The highest BCUT2D eigenvalue weighted by molar-refractivity contribution is 6.35. The third kappa shape index (κ3) is 3.16. The zero-order valence-electron chi connectivity index (χ0n) is 9.70. The summed E-state index contributed by atoms with van der Waals surface area (Å²) in [4.78, 5) is 0. The van der Waals surface area contributed by atoms with Gasteiger partial charge in [0.15, 0.2) is 0 Å². The SMILES string of the molecule is NCc1cccc(OCc2c(Cl)cccc2Cl)c1. The van der Waals surface area contributed by atoms with Crippen LogP contribution in [0.15, 0.2) is 42.5 Å². The van der Waals surface area contributed by atoms with Crippen LogP contribution < -0.4 is 10.5 Å². The summed E-state index contributed by atoms with van der Waals surface area (Å²) >= 11 is 12.1. The molecule has 0 saturated carbocycles. The molecule has 4 heteroatoms. The minimum atomic E-state index is 0.340. The van der Waals surface area contributed by atoms with Crippen LogP contribution in [0.1, 0.15) is 11.1 Å². The van der Waals surface area contributed by atoms with Gasteiger partial charge in [-0.3, -0.25) is 0 Å². The highest BCUT2D eigenvalue weighted by Crippen LogP contribution is 2.26. The van der Waals surface area contributed by atoms with Crippen molar-refractivity contribution >= 4 is 23.2 Å². The van der Waals surface area contributed by atoms with Crippen LogP contribution in [0.4, 0.5) is 0 Å². The Morgan fingerprint density at radius 3 is 2.33 bits per heavy atom. The minimum Gasteiger partial charge on any atom is -0.489 e. The highest BCUT2D eigenvalue weighted by atomic mass is 35.5. The maximum Gasteiger partial charge on any atom is 0.120 e. The Balaban J connectivity index is 2.11. The van der Waals surface area contributed by atoms with Crippen molar-refractivity contribution in [1.29, 1.82) is 0 Å². The van der Waals surface area contributed by atoms with Crippen molar-refractivity contribution < 1.29 is 4.74 Å².